The standard InChI is InChI=1S/C24H27NO4.C19H17NO3.3C17H13NO/c1-7-27-24(26)23(25-6)22(18-8-12-20(13-9-18)28-16(2)3)19-10-14-21(15-11-19)29-17(4)5;1-13(21)19(20-2)18(14-5-9-16(22-3)10-6-14)15-7-11-17(23-4)12-8-15;3*1-13(19)17(18-2)16(14-9-5-3-6-10-14)15-11-7-4-8-12-15/h8-17H,7H2,1-5H3;5-12H,1,3-4H3;3*3-12H,1H3. The lowest BCUT2D eigenvalue weighted by molar-refractivity contribution is -0.138. The van der Waals surface area contributed by atoms with Crippen molar-refractivity contribution < 1.29 is 47.7 Å². The van der Waals surface area contributed by atoms with Gasteiger partial charge in [0, 0.05) is 5.57 Å². The van der Waals surface area contributed by atoms with Crippen molar-refractivity contribution in [1.82, 2.24) is 0 Å². The average Bonchev–Trinajstić information content (AvgIpc) is 1.22. The van der Waals surface area contributed by atoms with E-state index < -0.39 is 5.97 Å². The van der Waals surface area contributed by atoms with E-state index in [0.29, 0.717) is 27.9 Å². The molecule has 0 saturated heterocycles. The van der Waals surface area contributed by atoms with Gasteiger partial charge in [-0.2, -0.15) is 0 Å². The van der Waals surface area contributed by atoms with Crippen LogP contribution in [0, 0.1) is 32.9 Å². The first-order valence-electron chi connectivity index (χ1n) is 34.6. The molecule has 0 bridgehead atoms. The summed E-state index contributed by atoms with van der Waals surface area (Å²) >= 11 is 0. The second-order valence-corrected chi connectivity index (χ2v) is 24.2. The molecule has 0 N–H and O–H groups in total. The maximum atomic E-state index is 12.4. The number of hydrogen-bond donors (Lipinski definition) is 0. The van der Waals surface area contributed by atoms with Gasteiger partial charge in [-0.1, -0.05) is 231 Å². The molecule has 0 aliphatic carbocycles. The number of ether oxygens (including phenoxy) is 5. The Kier molecular flexibility index (Phi) is 33.6. The van der Waals surface area contributed by atoms with Crippen LogP contribution < -0.4 is 18.9 Å². The third kappa shape index (κ3) is 24.7. The fraction of sp³-hybridized carbons (Fsp3) is 0.149. The van der Waals surface area contributed by atoms with E-state index in [1.165, 1.54) is 27.7 Å². The first kappa shape index (κ1) is 83.6. The van der Waals surface area contributed by atoms with Gasteiger partial charge in [0.15, 0.2) is 23.1 Å². The van der Waals surface area contributed by atoms with Gasteiger partial charge >= 0.3 is 5.97 Å². The summed E-state index contributed by atoms with van der Waals surface area (Å²) in [6, 6.07) is 86.6. The molecule has 0 aromatic heterocycles. The normalized spacial score (nSPS) is 9.76. The first-order chi connectivity index (χ1) is 52.7. The van der Waals surface area contributed by atoms with Crippen LogP contribution in [0.1, 0.15) is 118 Å². The molecule has 15 heteroatoms. The van der Waals surface area contributed by atoms with Gasteiger partial charge in [0.25, 0.3) is 5.70 Å². The maximum absolute atomic E-state index is 12.4. The lowest BCUT2D eigenvalue weighted by Crippen LogP contribution is -2.09. The van der Waals surface area contributed by atoms with Gasteiger partial charge in [0.2, 0.25) is 22.8 Å². The number of hydrogen-bond acceptors (Lipinski definition) is 10. The molecule has 0 aliphatic heterocycles. The van der Waals surface area contributed by atoms with Crippen LogP contribution in [-0.4, -0.2) is 62.1 Å². The van der Waals surface area contributed by atoms with Crippen molar-refractivity contribution in [3.05, 3.63) is 420 Å². The zero-order valence-corrected chi connectivity index (χ0v) is 62.7. The van der Waals surface area contributed by atoms with Gasteiger partial charge in [-0.05, 0) is 189 Å². The lowest BCUT2D eigenvalue weighted by atomic mass is 9.94. The van der Waals surface area contributed by atoms with E-state index in [1.54, 1.807) is 45.4 Å². The largest absolute Gasteiger partial charge is 0.497 e. The number of rotatable bonds is 22. The molecule has 10 aromatic rings. The van der Waals surface area contributed by atoms with Gasteiger partial charge in [-0.3, -0.25) is 4.79 Å². The Morgan fingerprint density at radius 2 is 0.450 bits per heavy atom. The van der Waals surface area contributed by atoms with E-state index in [4.69, 9.17) is 56.5 Å². The quantitative estimate of drug-likeness (QED) is 0.0364. The summed E-state index contributed by atoms with van der Waals surface area (Å²) in [5, 5.41) is 0. The SMILES string of the molecule is [C-]#[N+]C(C(=O)OCC)=C(c1ccc(OC(C)C)cc1)c1ccc(OC(C)C)cc1.[C-]#[N+]C(C(C)=O)=C(c1ccc(OC)cc1)c1ccc(OC)cc1.[C-]#[N+]C(C(C)=O)=C(c1ccccc1)c1ccccc1.[C-]#[N+]C(C(C)=O)=C(c1ccccc1)c1ccccc1.[C-]#[N+]C(C(C)=O)=C(c1ccccc1)c1ccccc1. The molecule has 0 aliphatic rings. The first-order valence-corrected chi connectivity index (χ1v) is 34.6. The van der Waals surface area contributed by atoms with Gasteiger partial charge in [0.05, 0.1) is 65.9 Å². The number of carbonyl (C=O) groups excluding carboxylic acids is 5. The molecular weight excluding hydrogens is 1360 g/mol. The number of esters is 1. The highest BCUT2D eigenvalue weighted by Gasteiger charge is 2.23. The molecule has 10 aromatic carbocycles. The summed E-state index contributed by atoms with van der Waals surface area (Å²) < 4.78 is 26.8. The predicted molar refractivity (Wildman–Crippen MR) is 432 cm³/mol. The molecule has 0 atom stereocenters. The summed E-state index contributed by atoms with van der Waals surface area (Å²) in [5.74, 6) is 1.36. The van der Waals surface area contributed by atoms with Gasteiger partial charge in [-0.25, -0.2) is 24.2 Å². The Bertz CT molecular complexity index is 4600. The summed E-state index contributed by atoms with van der Waals surface area (Å²) in [6.07, 6.45) is 0.116. The molecule has 0 unspecified atom stereocenters. The minimum absolute atomic E-state index is 0.0538. The van der Waals surface area contributed by atoms with Crippen molar-refractivity contribution in [3.63, 3.8) is 0 Å². The Morgan fingerprint density at radius 1 is 0.275 bits per heavy atom. The summed E-state index contributed by atoms with van der Waals surface area (Å²) in [4.78, 5) is 76.6. The van der Waals surface area contributed by atoms with E-state index in [2.05, 4.69) is 24.2 Å². The molecule has 0 radical (unpaired) electrons. The van der Waals surface area contributed by atoms with Crippen LogP contribution in [0.2, 0.25) is 0 Å². The highest BCUT2D eigenvalue weighted by Crippen LogP contribution is 2.35. The van der Waals surface area contributed by atoms with Gasteiger partial charge in [0.1, 0.15) is 23.0 Å². The second kappa shape index (κ2) is 43.7. The number of nitrogens with zero attached hydrogens (tertiary/aromatic N) is 5. The highest BCUT2D eigenvalue weighted by atomic mass is 16.5. The molecule has 0 spiro atoms. The van der Waals surface area contributed by atoms with Gasteiger partial charge in [-0.15, -0.1) is 0 Å². The Morgan fingerprint density at radius 3 is 0.606 bits per heavy atom. The van der Waals surface area contributed by atoms with Crippen molar-refractivity contribution in [2.75, 3.05) is 20.8 Å². The van der Waals surface area contributed by atoms with Crippen molar-refractivity contribution in [2.24, 2.45) is 0 Å². The van der Waals surface area contributed by atoms with Crippen LogP contribution in [0.15, 0.2) is 308 Å². The molecule has 10 rings (SSSR count). The average molecular weight is 1440 g/mol. The number of methoxy groups -OCH3 is 2. The molecule has 0 saturated carbocycles. The van der Waals surface area contributed by atoms with Crippen molar-refractivity contribution in [2.45, 2.75) is 74.5 Å². The molecule has 0 fully saturated rings. The molecule has 15 nitrogen and oxygen atoms in total. The summed E-state index contributed by atoms with van der Waals surface area (Å²) in [7, 11) is 3.19. The van der Waals surface area contributed by atoms with Crippen LogP contribution in [0.4, 0.5) is 0 Å². The number of ketones is 4. The Labute approximate surface area is 639 Å². The topological polar surface area (TPSA) is 153 Å². The highest BCUT2D eigenvalue weighted by molar-refractivity contribution is 6.09. The minimum Gasteiger partial charge on any atom is -0.497 e. The molecule has 0 heterocycles. The van der Waals surface area contributed by atoms with E-state index >= 15 is 0 Å². The molecule has 544 valence electrons. The van der Waals surface area contributed by atoms with Crippen LogP contribution in [-0.2, 0) is 28.7 Å². The minimum atomic E-state index is -0.637. The Hall–Kier alpha value is -14.3. The monoisotopic (exact) mass is 1440 g/mol. The number of allylic oxidation sites excluding steroid dienone is 4. The fourth-order valence-corrected chi connectivity index (χ4v) is 10.9. The molecular formula is C94H83N5O10. The smallest absolute Gasteiger partial charge is 0.336 e. The number of Topliss-reactive ketones (excluding diaryl/α,β-unsaturated/α-hetero) is 4. The summed E-state index contributed by atoms with van der Waals surface area (Å²) in [5.41, 5.74) is 12.2. The third-order valence-corrected chi connectivity index (χ3v) is 15.7. The maximum Gasteiger partial charge on any atom is 0.336 e. The van der Waals surface area contributed by atoms with Crippen molar-refractivity contribution in [1.29, 1.82) is 0 Å². The van der Waals surface area contributed by atoms with E-state index in [-0.39, 0.29) is 70.4 Å². The van der Waals surface area contributed by atoms with E-state index in [1.807, 2.05) is 282 Å². The van der Waals surface area contributed by atoms with Crippen LogP contribution in [0.25, 0.3) is 52.1 Å². The van der Waals surface area contributed by atoms with E-state index in [9.17, 15) is 24.0 Å². The molecule has 109 heavy (non-hydrogen) atoms. The molecule has 0 amide bonds. The van der Waals surface area contributed by atoms with Crippen LogP contribution in [0.3, 0.4) is 0 Å². The van der Waals surface area contributed by atoms with Crippen LogP contribution in [0.5, 0.6) is 23.0 Å². The zero-order chi connectivity index (χ0) is 79.2. The summed E-state index contributed by atoms with van der Waals surface area (Å²) in [6.45, 7) is 52.2. The zero-order valence-electron chi connectivity index (χ0n) is 62.7. The second-order valence-electron chi connectivity index (χ2n) is 24.2. The predicted octanol–water partition coefficient (Wildman–Crippen LogP) is 21.3. The fourth-order valence-electron chi connectivity index (χ4n) is 10.9. The van der Waals surface area contributed by atoms with Gasteiger partial charge < -0.3 is 42.9 Å². The number of benzene rings is 10. The Balaban J connectivity index is 0.000000215. The van der Waals surface area contributed by atoms with Crippen LogP contribution >= 0.6 is 0 Å². The lowest BCUT2D eigenvalue weighted by Gasteiger charge is -2.15. The third-order valence-electron chi connectivity index (χ3n) is 15.7. The van der Waals surface area contributed by atoms with Crippen molar-refractivity contribution >= 4 is 57.0 Å². The number of carbonyl (C=O) groups is 5. The van der Waals surface area contributed by atoms with E-state index in [0.717, 1.165) is 78.6 Å². The van der Waals surface area contributed by atoms with Crippen molar-refractivity contribution in [3.8, 4) is 23.0 Å².